The Balaban J connectivity index is 1.34. The zero-order chi connectivity index (χ0) is 26.6. The van der Waals surface area contributed by atoms with Gasteiger partial charge in [-0.25, -0.2) is 5.48 Å². The van der Waals surface area contributed by atoms with Crippen LogP contribution >= 0.6 is 0 Å². The third-order valence-corrected chi connectivity index (χ3v) is 6.86. The Morgan fingerprint density at radius 3 is 2.08 bits per heavy atom. The highest BCUT2D eigenvalue weighted by Crippen LogP contribution is 2.28. The van der Waals surface area contributed by atoms with Crippen LogP contribution in [-0.4, -0.2) is 77.7 Å². The average Bonchev–Trinajstić information content (AvgIpc) is 3.73. The highest BCUT2D eigenvalue weighted by Gasteiger charge is 2.47. The first-order valence-electron chi connectivity index (χ1n) is 12.3. The van der Waals surface area contributed by atoms with Crippen LogP contribution in [0.15, 0.2) is 48.5 Å². The van der Waals surface area contributed by atoms with Crippen LogP contribution in [0.5, 0.6) is 0 Å². The lowest BCUT2D eigenvalue weighted by Crippen LogP contribution is -2.64. The van der Waals surface area contributed by atoms with E-state index >= 15 is 0 Å². The van der Waals surface area contributed by atoms with Crippen molar-refractivity contribution in [2.45, 2.75) is 44.1 Å². The van der Waals surface area contributed by atoms with Crippen LogP contribution in [0.3, 0.4) is 0 Å². The fraction of sp³-hybridized carbons (Fsp3) is 0.393. The van der Waals surface area contributed by atoms with Crippen molar-refractivity contribution in [1.82, 2.24) is 20.6 Å². The Morgan fingerprint density at radius 1 is 1.00 bits per heavy atom. The molecule has 1 aliphatic heterocycles. The number of rotatable bonds is 8. The van der Waals surface area contributed by atoms with E-state index in [1.165, 1.54) is 44.9 Å². The Labute approximate surface area is 216 Å². The van der Waals surface area contributed by atoms with E-state index in [0.717, 1.165) is 30.1 Å². The molecule has 2 aromatic rings. The van der Waals surface area contributed by atoms with Crippen LogP contribution < -0.4 is 10.8 Å². The molecule has 0 unspecified atom stereocenters. The number of likely N-dealkylation sites (tertiary alicyclic amines) is 1. The average molecular weight is 505 g/mol. The molecule has 0 radical (unpaired) electrons. The van der Waals surface area contributed by atoms with Gasteiger partial charge in [0.05, 0.1) is 12.2 Å². The van der Waals surface area contributed by atoms with E-state index < -0.39 is 23.3 Å². The van der Waals surface area contributed by atoms with E-state index in [1.54, 1.807) is 24.3 Å². The lowest BCUT2D eigenvalue weighted by atomic mass is 9.96. The van der Waals surface area contributed by atoms with E-state index in [1.807, 2.05) is 12.1 Å². The topological polar surface area (TPSA) is 111 Å². The number of amides is 3. The minimum atomic E-state index is -1.94. The van der Waals surface area contributed by atoms with Crippen LogP contribution in [0, 0.1) is 11.8 Å². The molecule has 194 valence electrons. The van der Waals surface area contributed by atoms with Gasteiger partial charge in [0, 0.05) is 50.4 Å². The summed E-state index contributed by atoms with van der Waals surface area (Å²) in [6, 6.07) is 14.7. The van der Waals surface area contributed by atoms with Crippen molar-refractivity contribution in [3.8, 4) is 11.8 Å². The van der Waals surface area contributed by atoms with Crippen molar-refractivity contribution in [3.63, 3.8) is 0 Å². The molecule has 1 heterocycles. The van der Waals surface area contributed by atoms with Gasteiger partial charge < -0.3 is 15.0 Å². The van der Waals surface area contributed by atoms with Gasteiger partial charge in [0.25, 0.3) is 17.7 Å². The molecule has 37 heavy (non-hydrogen) atoms. The van der Waals surface area contributed by atoms with Crippen LogP contribution in [-0.2, 0) is 20.9 Å². The molecule has 9 heteroatoms. The van der Waals surface area contributed by atoms with Gasteiger partial charge in [0.15, 0.2) is 5.54 Å². The van der Waals surface area contributed by atoms with E-state index in [9.17, 15) is 14.4 Å². The van der Waals surface area contributed by atoms with Gasteiger partial charge in [-0.15, -0.1) is 0 Å². The van der Waals surface area contributed by atoms with Gasteiger partial charge in [-0.1, -0.05) is 24.0 Å². The van der Waals surface area contributed by atoms with Gasteiger partial charge in [0.2, 0.25) is 0 Å². The Morgan fingerprint density at radius 2 is 1.57 bits per heavy atom. The first-order chi connectivity index (χ1) is 17.7. The van der Waals surface area contributed by atoms with Gasteiger partial charge in [-0.05, 0) is 61.7 Å². The fourth-order valence-electron chi connectivity index (χ4n) is 4.16. The summed E-state index contributed by atoms with van der Waals surface area (Å²) >= 11 is 0. The van der Waals surface area contributed by atoms with Crippen LogP contribution in [0.4, 0.5) is 0 Å². The number of benzene rings is 2. The highest BCUT2D eigenvalue weighted by atomic mass is 16.5. The number of hydrogen-bond acceptors (Lipinski definition) is 6. The lowest BCUT2D eigenvalue weighted by Gasteiger charge is -2.39. The molecule has 2 aromatic carbocycles. The van der Waals surface area contributed by atoms with Crippen molar-refractivity contribution < 1.29 is 24.3 Å². The summed E-state index contributed by atoms with van der Waals surface area (Å²) < 4.78 is 5.91. The molecule has 1 aliphatic carbocycles. The van der Waals surface area contributed by atoms with Gasteiger partial charge in [-0.2, -0.15) is 0 Å². The van der Waals surface area contributed by atoms with E-state index in [2.05, 4.69) is 34.2 Å². The number of hydroxylamine groups is 1. The molecular weight excluding hydrogens is 472 g/mol. The second kappa shape index (κ2) is 11.1. The number of hydrogen-bond donors (Lipinski definition) is 3. The summed E-state index contributed by atoms with van der Waals surface area (Å²) in [4.78, 5) is 40.8. The molecule has 1 atom stereocenters. The van der Waals surface area contributed by atoms with Crippen molar-refractivity contribution in [2.24, 2.45) is 0 Å². The Hall–Kier alpha value is -3.71. The maximum atomic E-state index is 13.0. The van der Waals surface area contributed by atoms with Crippen molar-refractivity contribution in [2.75, 3.05) is 27.2 Å². The number of nitrogens with one attached hydrogen (secondary N) is 2. The summed E-state index contributed by atoms with van der Waals surface area (Å²) in [6.45, 7) is 4.14. The third kappa shape index (κ3) is 6.00. The third-order valence-electron chi connectivity index (χ3n) is 6.86. The van der Waals surface area contributed by atoms with E-state index in [4.69, 9.17) is 9.94 Å². The van der Waals surface area contributed by atoms with E-state index in [-0.39, 0.29) is 5.56 Å². The van der Waals surface area contributed by atoms with Crippen LogP contribution in [0.2, 0.25) is 0 Å². The standard InChI is InChI=1S/C28H32N4O5/c1-28(26(34)29-2,27(35)30-36)31(3)25(33)22-12-10-20(11-13-22)5-4-19-6-8-21(9-7-19)16-32-17-24(18-32)37-23-14-15-23/h6-13,23-24,36H,14-18H2,1-3H3,(H,29,34)(H,30,35)/t28-/m0/s1. The first-order valence-corrected chi connectivity index (χ1v) is 12.3. The zero-order valence-electron chi connectivity index (χ0n) is 21.3. The molecular formula is C28H32N4O5. The summed E-state index contributed by atoms with van der Waals surface area (Å²) in [5.41, 5.74) is 2.63. The predicted octanol–water partition coefficient (Wildman–Crippen LogP) is 1.53. The molecule has 2 fully saturated rings. The maximum absolute atomic E-state index is 13.0. The molecule has 4 rings (SSSR count). The molecule has 1 saturated carbocycles. The lowest BCUT2D eigenvalue weighted by molar-refractivity contribution is -0.148. The van der Waals surface area contributed by atoms with Crippen LogP contribution in [0.25, 0.3) is 0 Å². The second-order valence-corrected chi connectivity index (χ2v) is 9.63. The monoisotopic (exact) mass is 504 g/mol. The van der Waals surface area contributed by atoms with Gasteiger partial charge in [-0.3, -0.25) is 24.5 Å². The quantitative estimate of drug-likeness (QED) is 0.218. The maximum Gasteiger partial charge on any atom is 0.278 e. The van der Waals surface area contributed by atoms with Crippen molar-refractivity contribution in [1.29, 1.82) is 0 Å². The SMILES string of the molecule is CNC(=O)[C@@](C)(C(=O)NO)N(C)C(=O)c1ccc(C#Cc2ccc(CN3CC(OC4CC4)C3)cc2)cc1. The molecule has 9 nitrogen and oxygen atoms in total. The number of likely N-dealkylation sites (N-methyl/N-ethyl adjacent to an activating group) is 2. The molecule has 3 amide bonds. The largest absolute Gasteiger partial charge is 0.372 e. The van der Waals surface area contributed by atoms with Crippen molar-refractivity contribution in [3.05, 3.63) is 70.8 Å². The van der Waals surface area contributed by atoms with Gasteiger partial charge >= 0.3 is 0 Å². The first kappa shape index (κ1) is 26.4. The number of ether oxygens (including phenoxy) is 1. The van der Waals surface area contributed by atoms with Gasteiger partial charge in [0.1, 0.15) is 0 Å². The fourth-order valence-corrected chi connectivity index (χ4v) is 4.16. The summed E-state index contributed by atoms with van der Waals surface area (Å²) in [7, 11) is 2.67. The molecule has 0 spiro atoms. The van der Waals surface area contributed by atoms with Crippen molar-refractivity contribution >= 4 is 17.7 Å². The van der Waals surface area contributed by atoms with Crippen LogP contribution in [0.1, 0.15) is 46.8 Å². The summed E-state index contributed by atoms with van der Waals surface area (Å²) in [6.07, 6.45) is 3.32. The molecule has 2 aliphatic rings. The minimum Gasteiger partial charge on any atom is -0.372 e. The van der Waals surface area contributed by atoms with E-state index in [0.29, 0.717) is 17.8 Å². The Bertz CT molecular complexity index is 1190. The normalized spacial score (nSPS) is 17.0. The highest BCUT2D eigenvalue weighted by molar-refractivity contribution is 6.12. The summed E-state index contributed by atoms with van der Waals surface area (Å²) in [5, 5.41) is 11.4. The minimum absolute atomic E-state index is 0.272. The zero-order valence-corrected chi connectivity index (χ0v) is 21.3. The molecule has 0 aromatic heterocycles. The number of nitrogens with zero attached hydrogens (tertiary/aromatic N) is 2. The second-order valence-electron chi connectivity index (χ2n) is 9.63. The molecule has 0 bridgehead atoms. The Kier molecular flexibility index (Phi) is 7.93. The number of carbonyl (C=O) groups excluding carboxylic acids is 3. The molecule has 3 N–H and O–H groups in total. The molecule has 1 saturated heterocycles. The predicted molar refractivity (Wildman–Crippen MR) is 137 cm³/mol. The number of carbonyl (C=O) groups is 3. The smallest absolute Gasteiger partial charge is 0.278 e. The summed E-state index contributed by atoms with van der Waals surface area (Å²) in [5.74, 6) is 3.91.